The molecule has 0 spiro atoms. The summed E-state index contributed by atoms with van der Waals surface area (Å²) in [7, 11) is 0. The lowest BCUT2D eigenvalue weighted by Crippen LogP contribution is -2.31. The van der Waals surface area contributed by atoms with Gasteiger partial charge < -0.3 is 14.1 Å². The van der Waals surface area contributed by atoms with Gasteiger partial charge in [0.25, 0.3) is 5.91 Å². The van der Waals surface area contributed by atoms with E-state index in [1.807, 2.05) is 6.07 Å². The second-order valence-electron chi connectivity index (χ2n) is 6.31. The highest BCUT2D eigenvalue weighted by Crippen LogP contribution is 2.20. The van der Waals surface area contributed by atoms with E-state index in [9.17, 15) is 9.59 Å². The normalized spacial score (nSPS) is 16.5. The molecule has 4 rings (SSSR count). The smallest absolute Gasteiger partial charge is 0.339 e. The molecule has 0 N–H and O–H groups in total. The molecule has 1 saturated heterocycles. The van der Waals surface area contributed by atoms with E-state index in [2.05, 4.69) is 15.5 Å². The average Bonchev–Trinajstić information content (AvgIpc) is 3.32. The number of ether oxygens (including phenoxy) is 1. The minimum absolute atomic E-state index is 0.0835. The first-order valence-electron chi connectivity index (χ1n) is 8.49. The van der Waals surface area contributed by atoms with E-state index in [4.69, 9.17) is 9.15 Å². The molecular formula is C18H17N5O4. The monoisotopic (exact) mass is 367 g/mol. The van der Waals surface area contributed by atoms with Crippen molar-refractivity contribution in [2.24, 2.45) is 0 Å². The van der Waals surface area contributed by atoms with Crippen LogP contribution in [0.4, 0.5) is 0 Å². The lowest BCUT2D eigenvalue weighted by atomic mass is 10.2. The molecule has 27 heavy (non-hydrogen) atoms. The van der Waals surface area contributed by atoms with Crippen LogP contribution in [0.1, 0.15) is 22.5 Å². The van der Waals surface area contributed by atoms with Crippen LogP contribution >= 0.6 is 0 Å². The molecular weight excluding hydrogens is 350 g/mol. The molecule has 9 heteroatoms. The third-order valence-electron chi connectivity index (χ3n) is 4.31. The average molecular weight is 367 g/mol. The van der Waals surface area contributed by atoms with Crippen molar-refractivity contribution in [2.75, 3.05) is 13.1 Å². The number of rotatable bonds is 4. The van der Waals surface area contributed by atoms with Crippen molar-refractivity contribution < 1.29 is 13.9 Å². The van der Waals surface area contributed by atoms with Crippen LogP contribution in [0, 0.1) is 6.92 Å². The highest BCUT2D eigenvalue weighted by Gasteiger charge is 2.28. The Morgan fingerprint density at radius 2 is 2.19 bits per heavy atom. The Morgan fingerprint density at radius 1 is 1.30 bits per heavy atom. The maximum absolute atomic E-state index is 12.8. The third-order valence-corrected chi connectivity index (χ3v) is 4.31. The zero-order valence-electron chi connectivity index (χ0n) is 14.6. The predicted octanol–water partition coefficient (Wildman–Crippen LogP) is 1.22. The van der Waals surface area contributed by atoms with Crippen LogP contribution in [0.2, 0.25) is 0 Å². The van der Waals surface area contributed by atoms with Gasteiger partial charge in [0.1, 0.15) is 23.9 Å². The van der Waals surface area contributed by atoms with Gasteiger partial charge in [-0.1, -0.05) is 6.07 Å². The lowest BCUT2D eigenvalue weighted by molar-refractivity contribution is 0.0772. The number of amides is 1. The Kier molecular flexibility index (Phi) is 4.41. The van der Waals surface area contributed by atoms with Crippen LogP contribution < -0.4 is 10.4 Å². The molecule has 3 heterocycles. The Balaban J connectivity index is 1.45. The first-order chi connectivity index (χ1) is 13.1. The molecule has 1 unspecified atom stereocenters. The summed E-state index contributed by atoms with van der Waals surface area (Å²) in [5.41, 5.74) is 0.819. The number of carbonyl (C=O) groups is 1. The fourth-order valence-corrected chi connectivity index (χ4v) is 3.09. The summed E-state index contributed by atoms with van der Waals surface area (Å²) in [4.78, 5) is 26.0. The molecule has 0 radical (unpaired) electrons. The number of aromatic nitrogens is 4. The number of nitrogens with zero attached hydrogens (tertiary/aromatic N) is 5. The Hall–Kier alpha value is -3.49. The maximum atomic E-state index is 12.8. The Labute approximate surface area is 154 Å². The van der Waals surface area contributed by atoms with Crippen LogP contribution in [-0.2, 0) is 0 Å². The van der Waals surface area contributed by atoms with Crippen molar-refractivity contribution in [3.05, 3.63) is 64.5 Å². The molecule has 0 saturated carbocycles. The number of likely N-dealkylation sites (tertiary alicyclic amines) is 1. The van der Waals surface area contributed by atoms with Gasteiger partial charge in [0, 0.05) is 24.6 Å². The van der Waals surface area contributed by atoms with E-state index >= 15 is 0 Å². The van der Waals surface area contributed by atoms with E-state index < -0.39 is 5.63 Å². The predicted molar refractivity (Wildman–Crippen MR) is 93.8 cm³/mol. The molecule has 138 valence electrons. The van der Waals surface area contributed by atoms with E-state index in [0.717, 1.165) is 0 Å². The van der Waals surface area contributed by atoms with E-state index in [1.165, 1.54) is 17.1 Å². The van der Waals surface area contributed by atoms with Crippen LogP contribution in [0.5, 0.6) is 5.75 Å². The highest BCUT2D eigenvalue weighted by molar-refractivity contribution is 5.95. The Bertz CT molecular complexity index is 1010. The molecule has 1 aromatic carbocycles. The van der Waals surface area contributed by atoms with Gasteiger partial charge in [0.05, 0.1) is 18.3 Å². The molecule has 1 aliphatic rings. The summed E-state index contributed by atoms with van der Waals surface area (Å²) in [6.07, 6.45) is 2.00. The van der Waals surface area contributed by atoms with Crippen LogP contribution in [0.15, 0.2) is 51.9 Å². The van der Waals surface area contributed by atoms with Crippen molar-refractivity contribution in [2.45, 2.75) is 19.4 Å². The number of tetrazole rings is 1. The van der Waals surface area contributed by atoms with Gasteiger partial charge in [-0.15, -0.1) is 5.10 Å². The van der Waals surface area contributed by atoms with Crippen LogP contribution in [-0.4, -0.2) is 50.2 Å². The minimum Gasteiger partial charge on any atom is -0.488 e. The lowest BCUT2D eigenvalue weighted by Gasteiger charge is -2.17. The molecule has 1 atom stereocenters. The van der Waals surface area contributed by atoms with Crippen LogP contribution in [0.25, 0.3) is 5.69 Å². The quantitative estimate of drug-likeness (QED) is 0.683. The molecule has 3 aromatic rings. The van der Waals surface area contributed by atoms with Gasteiger partial charge in [-0.3, -0.25) is 4.79 Å². The van der Waals surface area contributed by atoms with Crippen molar-refractivity contribution >= 4 is 5.91 Å². The third kappa shape index (κ3) is 3.71. The molecule has 0 bridgehead atoms. The summed E-state index contributed by atoms with van der Waals surface area (Å²) in [5, 5.41) is 11.0. The second kappa shape index (κ2) is 7.02. The number of hydrogen-bond donors (Lipinski definition) is 0. The zero-order valence-corrected chi connectivity index (χ0v) is 14.6. The summed E-state index contributed by atoms with van der Waals surface area (Å²) in [5.74, 6) is 0.867. The first-order valence-corrected chi connectivity index (χ1v) is 8.49. The van der Waals surface area contributed by atoms with Crippen molar-refractivity contribution in [3.8, 4) is 11.4 Å². The summed E-state index contributed by atoms with van der Waals surface area (Å²) >= 11 is 0. The van der Waals surface area contributed by atoms with Crippen molar-refractivity contribution in [1.82, 2.24) is 25.1 Å². The fraction of sp³-hybridized carbons (Fsp3) is 0.278. The SMILES string of the molecule is Cc1cc(OC2CCN(C(=O)c3cccc(-n4cnnn4)c3)C2)cc(=O)o1. The number of hydrogen-bond acceptors (Lipinski definition) is 7. The highest BCUT2D eigenvalue weighted by atomic mass is 16.5. The standard InChI is InChI=1S/C18H17N5O4/c1-12-7-16(9-17(24)26-12)27-15-5-6-22(10-15)18(25)13-3-2-4-14(8-13)23-11-19-20-21-23/h2-4,7-9,11,15H,5-6,10H2,1H3. The van der Waals surface area contributed by atoms with Gasteiger partial charge >= 0.3 is 5.63 Å². The van der Waals surface area contributed by atoms with Gasteiger partial charge in [-0.2, -0.15) is 0 Å². The summed E-state index contributed by atoms with van der Waals surface area (Å²) < 4.78 is 12.3. The van der Waals surface area contributed by atoms with E-state index in [1.54, 1.807) is 36.1 Å². The summed E-state index contributed by atoms with van der Waals surface area (Å²) in [6.45, 7) is 2.72. The number of carbonyl (C=O) groups excluding carboxylic acids is 1. The van der Waals surface area contributed by atoms with Gasteiger partial charge in [-0.05, 0) is 35.5 Å². The number of benzene rings is 1. The van der Waals surface area contributed by atoms with Crippen molar-refractivity contribution in [3.63, 3.8) is 0 Å². The fourth-order valence-electron chi connectivity index (χ4n) is 3.09. The second-order valence-corrected chi connectivity index (χ2v) is 6.31. The Morgan fingerprint density at radius 3 is 2.96 bits per heavy atom. The maximum Gasteiger partial charge on any atom is 0.339 e. The molecule has 1 amide bonds. The molecule has 0 aliphatic carbocycles. The largest absolute Gasteiger partial charge is 0.488 e. The van der Waals surface area contributed by atoms with E-state index in [0.29, 0.717) is 42.3 Å². The van der Waals surface area contributed by atoms with Crippen molar-refractivity contribution in [1.29, 1.82) is 0 Å². The molecule has 1 fully saturated rings. The molecule has 2 aromatic heterocycles. The minimum atomic E-state index is -0.449. The number of aryl methyl sites for hydroxylation is 1. The van der Waals surface area contributed by atoms with Gasteiger partial charge in [0.15, 0.2) is 0 Å². The summed E-state index contributed by atoms with van der Waals surface area (Å²) in [6, 6.07) is 10.1. The molecule has 9 nitrogen and oxygen atoms in total. The molecule has 1 aliphatic heterocycles. The first kappa shape index (κ1) is 17.0. The van der Waals surface area contributed by atoms with Gasteiger partial charge in [0.2, 0.25) is 0 Å². The van der Waals surface area contributed by atoms with E-state index in [-0.39, 0.29) is 12.0 Å². The zero-order chi connectivity index (χ0) is 18.8. The van der Waals surface area contributed by atoms with Gasteiger partial charge in [-0.25, -0.2) is 9.48 Å². The van der Waals surface area contributed by atoms with Crippen LogP contribution in [0.3, 0.4) is 0 Å². The topological polar surface area (TPSA) is 103 Å².